The lowest BCUT2D eigenvalue weighted by molar-refractivity contribution is 0.865. The van der Waals surface area contributed by atoms with Gasteiger partial charge < -0.3 is 5.32 Å². The van der Waals surface area contributed by atoms with E-state index >= 15 is 0 Å². The predicted molar refractivity (Wildman–Crippen MR) is 85.9 cm³/mol. The van der Waals surface area contributed by atoms with Gasteiger partial charge in [-0.15, -0.1) is 0 Å². The molecule has 0 aliphatic rings. The zero-order chi connectivity index (χ0) is 13.5. The maximum absolute atomic E-state index is 5.85. The molecule has 0 unspecified atom stereocenters. The fraction of sp³-hybridized carbons (Fsp3) is 0.188. The van der Waals surface area contributed by atoms with Crippen molar-refractivity contribution in [2.75, 3.05) is 6.54 Å². The summed E-state index contributed by atoms with van der Waals surface area (Å²) in [4.78, 5) is 0.873. The van der Waals surface area contributed by atoms with Gasteiger partial charge in [0.2, 0.25) is 0 Å². The monoisotopic (exact) mass is 289 g/mol. The Kier molecular flexibility index (Phi) is 5.37. The molecule has 0 aromatic heterocycles. The van der Waals surface area contributed by atoms with Crippen LogP contribution in [-0.4, -0.2) is 11.5 Å². The third kappa shape index (κ3) is 5.01. The van der Waals surface area contributed by atoms with Gasteiger partial charge in [0.05, 0.1) is 4.99 Å². The first kappa shape index (κ1) is 14.0. The van der Waals surface area contributed by atoms with E-state index in [-0.39, 0.29) is 0 Å². The molecule has 0 radical (unpaired) electrons. The van der Waals surface area contributed by atoms with Crippen LogP contribution in [0.25, 0.3) is 0 Å². The van der Waals surface area contributed by atoms with Crippen molar-refractivity contribution < 1.29 is 0 Å². The van der Waals surface area contributed by atoms with Crippen LogP contribution in [0.15, 0.2) is 54.6 Å². The van der Waals surface area contributed by atoms with Crippen LogP contribution < -0.4 is 5.32 Å². The molecule has 0 fully saturated rings. The van der Waals surface area contributed by atoms with Crippen molar-refractivity contribution in [1.82, 2.24) is 5.32 Å². The average molecular weight is 290 g/mol. The zero-order valence-corrected chi connectivity index (χ0v) is 12.2. The van der Waals surface area contributed by atoms with E-state index in [0.717, 1.165) is 29.4 Å². The van der Waals surface area contributed by atoms with Gasteiger partial charge in [-0.2, -0.15) is 0 Å². The summed E-state index contributed by atoms with van der Waals surface area (Å²) in [6.45, 7) is 0.871. The normalized spacial score (nSPS) is 10.2. The molecule has 0 spiro atoms. The number of rotatable bonds is 5. The largest absolute Gasteiger partial charge is 0.379 e. The highest BCUT2D eigenvalue weighted by molar-refractivity contribution is 7.80. The van der Waals surface area contributed by atoms with Gasteiger partial charge in [-0.05, 0) is 29.7 Å². The third-order valence-electron chi connectivity index (χ3n) is 2.86. The first-order valence-corrected chi connectivity index (χ1v) is 7.08. The minimum atomic E-state index is 0.756. The van der Waals surface area contributed by atoms with Gasteiger partial charge >= 0.3 is 0 Å². The summed E-state index contributed by atoms with van der Waals surface area (Å²) >= 11 is 11.2. The van der Waals surface area contributed by atoms with E-state index in [1.165, 1.54) is 11.1 Å². The summed E-state index contributed by atoms with van der Waals surface area (Å²) in [5.74, 6) is 0. The second-order valence-corrected chi connectivity index (χ2v) is 5.32. The molecule has 0 heterocycles. The first-order valence-electron chi connectivity index (χ1n) is 6.29. The van der Waals surface area contributed by atoms with Crippen molar-refractivity contribution in [1.29, 1.82) is 0 Å². The van der Waals surface area contributed by atoms with Crippen LogP contribution in [0.4, 0.5) is 0 Å². The Morgan fingerprint density at radius 3 is 2.32 bits per heavy atom. The quantitative estimate of drug-likeness (QED) is 0.834. The summed E-state index contributed by atoms with van der Waals surface area (Å²) in [7, 11) is 0. The number of hydrogen-bond acceptors (Lipinski definition) is 1. The summed E-state index contributed by atoms with van der Waals surface area (Å²) in [5, 5.41) is 4.05. The molecule has 0 bridgehead atoms. The van der Waals surface area contributed by atoms with Gasteiger partial charge in [0.25, 0.3) is 0 Å². The number of thiocarbonyl (C=S) groups is 1. The smallest absolute Gasteiger partial charge is 0.0797 e. The van der Waals surface area contributed by atoms with Crippen LogP contribution in [0, 0.1) is 0 Å². The standard InChI is InChI=1S/C16H16ClNS/c17-15-8-6-14(7-9-15)12-16(19)18-11-10-13-4-2-1-3-5-13/h1-9H,10-12H2,(H,18,19). The Bertz CT molecular complexity index is 522. The molecular weight excluding hydrogens is 274 g/mol. The van der Waals surface area contributed by atoms with E-state index < -0.39 is 0 Å². The van der Waals surface area contributed by atoms with Gasteiger partial charge in [-0.1, -0.05) is 66.3 Å². The average Bonchev–Trinajstić information content (AvgIpc) is 2.43. The van der Waals surface area contributed by atoms with Gasteiger partial charge in [0, 0.05) is 18.0 Å². The molecule has 0 saturated carbocycles. The molecular formula is C16H16ClNS. The van der Waals surface area contributed by atoms with Gasteiger partial charge in [-0.25, -0.2) is 0 Å². The SMILES string of the molecule is S=C(Cc1ccc(Cl)cc1)NCCc1ccccc1. The van der Waals surface area contributed by atoms with Crippen molar-refractivity contribution in [3.05, 3.63) is 70.7 Å². The Morgan fingerprint density at radius 1 is 0.947 bits per heavy atom. The molecule has 0 saturated heterocycles. The van der Waals surface area contributed by atoms with Crippen molar-refractivity contribution in [2.24, 2.45) is 0 Å². The summed E-state index contributed by atoms with van der Waals surface area (Å²) in [6.07, 6.45) is 1.75. The number of halogens is 1. The highest BCUT2D eigenvalue weighted by atomic mass is 35.5. The molecule has 3 heteroatoms. The molecule has 0 aliphatic carbocycles. The van der Waals surface area contributed by atoms with Crippen molar-refractivity contribution >= 4 is 28.8 Å². The molecule has 0 aliphatic heterocycles. The van der Waals surface area contributed by atoms with E-state index in [2.05, 4.69) is 29.6 Å². The van der Waals surface area contributed by atoms with Crippen LogP contribution in [0.1, 0.15) is 11.1 Å². The second kappa shape index (κ2) is 7.27. The van der Waals surface area contributed by atoms with Gasteiger partial charge in [0.1, 0.15) is 0 Å². The lowest BCUT2D eigenvalue weighted by Crippen LogP contribution is -2.25. The molecule has 0 amide bonds. The number of hydrogen-bond donors (Lipinski definition) is 1. The Balaban J connectivity index is 1.74. The fourth-order valence-electron chi connectivity index (χ4n) is 1.84. The highest BCUT2D eigenvalue weighted by Gasteiger charge is 1.99. The number of nitrogens with one attached hydrogen (secondary N) is 1. The molecule has 0 atom stereocenters. The fourth-order valence-corrected chi connectivity index (χ4v) is 2.24. The molecule has 2 aromatic rings. The van der Waals surface area contributed by atoms with Crippen molar-refractivity contribution in [2.45, 2.75) is 12.8 Å². The van der Waals surface area contributed by atoms with E-state index in [9.17, 15) is 0 Å². The molecule has 1 nitrogen and oxygen atoms in total. The van der Waals surface area contributed by atoms with Crippen LogP contribution >= 0.6 is 23.8 Å². The van der Waals surface area contributed by atoms with Crippen LogP contribution in [0.3, 0.4) is 0 Å². The van der Waals surface area contributed by atoms with Gasteiger partial charge in [-0.3, -0.25) is 0 Å². The maximum atomic E-state index is 5.85. The molecule has 98 valence electrons. The summed E-state index contributed by atoms with van der Waals surface area (Å²) < 4.78 is 0. The minimum absolute atomic E-state index is 0.756. The highest BCUT2D eigenvalue weighted by Crippen LogP contribution is 2.10. The van der Waals surface area contributed by atoms with Crippen molar-refractivity contribution in [3.8, 4) is 0 Å². The zero-order valence-electron chi connectivity index (χ0n) is 10.6. The third-order valence-corrected chi connectivity index (χ3v) is 3.40. The molecule has 19 heavy (non-hydrogen) atoms. The predicted octanol–water partition coefficient (Wildman–Crippen LogP) is 4.04. The lowest BCUT2D eigenvalue weighted by Gasteiger charge is -2.08. The Labute approximate surface area is 124 Å². The summed E-state index contributed by atoms with van der Waals surface area (Å²) in [5.41, 5.74) is 2.51. The van der Waals surface area contributed by atoms with E-state index in [4.69, 9.17) is 23.8 Å². The van der Waals surface area contributed by atoms with E-state index in [1.807, 2.05) is 30.3 Å². The van der Waals surface area contributed by atoms with Gasteiger partial charge in [0.15, 0.2) is 0 Å². The van der Waals surface area contributed by atoms with Crippen LogP contribution in [-0.2, 0) is 12.8 Å². The number of benzene rings is 2. The van der Waals surface area contributed by atoms with Crippen LogP contribution in [0.5, 0.6) is 0 Å². The first-order chi connectivity index (χ1) is 9.24. The topological polar surface area (TPSA) is 12.0 Å². The summed E-state index contributed by atoms with van der Waals surface area (Å²) in [6, 6.07) is 18.2. The molecule has 1 N–H and O–H groups in total. The Morgan fingerprint density at radius 2 is 1.63 bits per heavy atom. The molecule has 2 aromatic carbocycles. The van der Waals surface area contributed by atoms with E-state index in [1.54, 1.807) is 0 Å². The Hall–Kier alpha value is -1.38. The van der Waals surface area contributed by atoms with E-state index in [0.29, 0.717) is 0 Å². The maximum Gasteiger partial charge on any atom is 0.0797 e. The second-order valence-electron chi connectivity index (χ2n) is 4.39. The minimum Gasteiger partial charge on any atom is -0.379 e. The van der Waals surface area contributed by atoms with Crippen LogP contribution in [0.2, 0.25) is 5.02 Å². The van der Waals surface area contributed by atoms with Crippen molar-refractivity contribution in [3.63, 3.8) is 0 Å². The molecule has 2 rings (SSSR count). The lowest BCUT2D eigenvalue weighted by atomic mass is 10.1.